The van der Waals surface area contributed by atoms with Crippen molar-refractivity contribution in [1.29, 1.82) is 0 Å². The molecule has 30 heavy (non-hydrogen) atoms. The van der Waals surface area contributed by atoms with Crippen LogP contribution in [0.2, 0.25) is 10.0 Å². The fraction of sp³-hybridized carbons (Fsp3) is 0.364. The molecule has 2 amide bonds. The van der Waals surface area contributed by atoms with E-state index in [9.17, 15) is 9.59 Å². The first kappa shape index (κ1) is 22.6. The summed E-state index contributed by atoms with van der Waals surface area (Å²) >= 11 is 11.8. The number of hydrogen-bond acceptors (Lipinski definition) is 4. The van der Waals surface area contributed by atoms with E-state index >= 15 is 0 Å². The highest BCUT2D eigenvalue weighted by Gasteiger charge is 2.14. The molecule has 3 rings (SSSR count). The van der Waals surface area contributed by atoms with Crippen molar-refractivity contribution in [3.8, 4) is 0 Å². The van der Waals surface area contributed by atoms with Crippen LogP contribution in [0.15, 0.2) is 42.5 Å². The molecule has 0 atom stereocenters. The molecule has 1 saturated heterocycles. The number of halogens is 2. The third kappa shape index (κ3) is 6.71. The minimum Gasteiger partial charge on any atom is -0.350 e. The maximum atomic E-state index is 12.1. The molecule has 2 N–H and O–H groups in total. The molecule has 0 unspecified atom stereocenters. The summed E-state index contributed by atoms with van der Waals surface area (Å²) in [4.78, 5) is 28.9. The molecular formula is C22H26Cl2N4O2. The van der Waals surface area contributed by atoms with Crippen molar-refractivity contribution >= 4 is 35.0 Å². The van der Waals surface area contributed by atoms with Gasteiger partial charge in [0.25, 0.3) is 5.91 Å². The number of nitrogens with zero attached hydrogens (tertiary/aromatic N) is 2. The quantitative estimate of drug-likeness (QED) is 0.683. The first-order valence-electron chi connectivity index (χ1n) is 9.89. The van der Waals surface area contributed by atoms with E-state index in [-0.39, 0.29) is 18.4 Å². The Morgan fingerprint density at radius 1 is 0.900 bits per heavy atom. The van der Waals surface area contributed by atoms with E-state index in [4.69, 9.17) is 23.2 Å². The number of carbonyl (C=O) groups excluding carboxylic acids is 2. The smallest absolute Gasteiger partial charge is 0.251 e. The van der Waals surface area contributed by atoms with Crippen molar-refractivity contribution in [2.24, 2.45) is 0 Å². The first-order chi connectivity index (χ1) is 14.4. The number of likely N-dealkylation sites (N-methyl/N-ethyl adjacent to an activating group) is 1. The van der Waals surface area contributed by atoms with E-state index in [1.54, 1.807) is 12.1 Å². The molecule has 1 aliphatic heterocycles. The Kier molecular flexibility index (Phi) is 8.10. The Labute approximate surface area is 187 Å². The Morgan fingerprint density at radius 2 is 1.57 bits per heavy atom. The number of piperazine rings is 1. The summed E-state index contributed by atoms with van der Waals surface area (Å²) in [6.07, 6.45) is 0. The van der Waals surface area contributed by atoms with E-state index in [2.05, 4.69) is 39.6 Å². The van der Waals surface area contributed by atoms with Gasteiger partial charge in [0.2, 0.25) is 5.91 Å². The number of nitrogens with one attached hydrogen (secondary N) is 2. The lowest BCUT2D eigenvalue weighted by Gasteiger charge is -2.32. The number of hydrogen-bond donors (Lipinski definition) is 2. The van der Waals surface area contributed by atoms with Crippen LogP contribution in [0.1, 0.15) is 21.5 Å². The summed E-state index contributed by atoms with van der Waals surface area (Å²) in [5.74, 6) is -0.637. The van der Waals surface area contributed by atoms with Gasteiger partial charge in [-0.1, -0.05) is 47.5 Å². The maximum Gasteiger partial charge on any atom is 0.251 e. The SMILES string of the molecule is CN1CCN(Cc2ccc(CNC(=O)CNC(=O)c3ccc(Cl)c(Cl)c3)cc2)CC1. The number of amides is 2. The van der Waals surface area contributed by atoms with Crippen LogP contribution in [-0.4, -0.2) is 61.4 Å². The summed E-state index contributed by atoms with van der Waals surface area (Å²) in [6, 6.07) is 12.8. The van der Waals surface area contributed by atoms with Crippen LogP contribution in [0.3, 0.4) is 0 Å². The van der Waals surface area contributed by atoms with E-state index in [1.807, 2.05) is 12.1 Å². The molecule has 0 aliphatic carbocycles. The average Bonchev–Trinajstić information content (AvgIpc) is 2.75. The van der Waals surface area contributed by atoms with Crippen molar-refractivity contribution in [2.45, 2.75) is 13.1 Å². The summed E-state index contributed by atoms with van der Waals surface area (Å²) in [5.41, 5.74) is 2.64. The normalized spacial score (nSPS) is 15.0. The fourth-order valence-corrected chi connectivity index (χ4v) is 3.49. The molecule has 8 heteroatoms. The zero-order valence-corrected chi connectivity index (χ0v) is 18.5. The zero-order valence-electron chi connectivity index (χ0n) is 17.0. The minimum absolute atomic E-state index is 0.111. The summed E-state index contributed by atoms with van der Waals surface area (Å²) in [5, 5.41) is 6.06. The van der Waals surface area contributed by atoms with Gasteiger partial charge in [0.15, 0.2) is 0 Å². The van der Waals surface area contributed by atoms with Gasteiger partial charge in [-0.05, 0) is 36.4 Å². The van der Waals surface area contributed by atoms with Crippen LogP contribution < -0.4 is 10.6 Å². The molecule has 0 saturated carbocycles. The lowest BCUT2D eigenvalue weighted by atomic mass is 10.1. The number of benzene rings is 2. The lowest BCUT2D eigenvalue weighted by Crippen LogP contribution is -2.43. The Balaban J connectivity index is 1.40. The number of rotatable bonds is 7. The Bertz CT molecular complexity index is 881. The molecule has 160 valence electrons. The summed E-state index contributed by atoms with van der Waals surface area (Å²) in [7, 11) is 2.15. The molecule has 6 nitrogen and oxygen atoms in total. The minimum atomic E-state index is -0.378. The van der Waals surface area contributed by atoms with Gasteiger partial charge in [-0.2, -0.15) is 0 Å². The predicted octanol–water partition coefficient (Wildman–Crippen LogP) is 2.79. The van der Waals surface area contributed by atoms with Crippen LogP contribution in [0.25, 0.3) is 0 Å². The lowest BCUT2D eigenvalue weighted by molar-refractivity contribution is -0.120. The highest BCUT2D eigenvalue weighted by Crippen LogP contribution is 2.22. The maximum absolute atomic E-state index is 12.1. The van der Waals surface area contributed by atoms with Gasteiger partial charge in [0.1, 0.15) is 0 Å². The van der Waals surface area contributed by atoms with Crippen LogP contribution in [0.4, 0.5) is 0 Å². The van der Waals surface area contributed by atoms with Crippen LogP contribution in [0, 0.1) is 0 Å². The van der Waals surface area contributed by atoms with Crippen molar-refractivity contribution in [3.05, 3.63) is 69.2 Å². The molecule has 0 bridgehead atoms. The van der Waals surface area contributed by atoms with Crippen LogP contribution in [0.5, 0.6) is 0 Å². The third-order valence-corrected chi connectivity index (χ3v) is 5.85. The van der Waals surface area contributed by atoms with Crippen molar-refractivity contribution in [1.82, 2.24) is 20.4 Å². The number of carbonyl (C=O) groups is 2. The van der Waals surface area contributed by atoms with Crippen molar-refractivity contribution in [2.75, 3.05) is 39.8 Å². The van der Waals surface area contributed by atoms with Crippen LogP contribution in [-0.2, 0) is 17.9 Å². The van der Waals surface area contributed by atoms with E-state index < -0.39 is 0 Å². The van der Waals surface area contributed by atoms with E-state index in [1.165, 1.54) is 11.6 Å². The van der Waals surface area contributed by atoms with Crippen LogP contribution >= 0.6 is 23.2 Å². The largest absolute Gasteiger partial charge is 0.350 e. The topological polar surface area (TPSA) is 64.7 Å². The second-order valence-corrected chi connectivity index (χ2v) is 8.30. The molecule has 1 fully saturated rings. The highest BCUT2D eigenvalue weighted by molar-refractivity contribution is 6.42. The Hall–Kier alpha value is -2.12. The van der Waals surface area contributed by atoms with Crippen molar-refractivity contribution in [3.63, 3.8) is 0 Å². The standard InChI is InChI=1S/C22H26Cl2N4O2/c1-27-8-10-28(11-9-27)15-17-4-2-16(3-5-17)13-25-21(29)14-26-22(30)18-6-7-19(23)20(24)12-18/h2-7,12H,8-11,13-15H2,1H3,(H,25,29)(H,26,30). The Morgan fingerprint density at radius 3 is 2.23 bits per heavy atom. The van der Waals surface area contributed by atoms with Gasteiger partial charge in [-0.25, -0.2) is 0 Å². The van der Waals surface area contributed by atoms with Gasteiger partial charge < -0.3 is 15.5 Å². The predicted molar refractivity (Wildman–Crippen MR) is 120 cm³/mol. The molecule has 2 aromatic rings. The zero-order chi connectivity index (χ0) is 21.5. The molecule has 0 spiro atoms. The van der Waals surface area contributed by atoms with Gasteiger partial charge in [-0.15, -0.1) is 0 Å². The average molecular weight is 449 g/mol. The first-order valence-corrected chi connectivity index (χ1v) is 10.6. The molecule has 0 aromatic heterocycles. The molecule has 1 aliphatic rings. The third-order valence-electron chi connectivity index (χ3n) is 5.11. The van der Waals surface area contributed by atoms with Gasteiger partial charge in [0, 0.05) is 44.8 Å². The fourth-order valence-electron chi connectivity index (χ4n) is 3.19. The van der Waals surface area contributed by atoms with Gasteiger partial charge in [0.05, 0.1) is 16.6 Å². The van der Waals surface area contributed by atoms with Gasteiger partial charge in [-0.3, -0.25) is 14.5 Å². The van der Waals surface area contributed by atoms with Crippen molar-refractivity contribution < 1.29 is 9.59 Å². The summed E-state index contributed by atoms with van der Waals surface area (Å²) < 4.78 is 0. The second-order valence-electron chi connectivity index (χ2n) is 7.48. The highest BCUT2D eigenvalue weighted by atomic mass is 35.5. The van der Waals surface area contributed by atoms with E-state index in [0.717, 1.165) is 38.3 Å². The summed E-state index contributed by atoms with van der Waals surface area (Å²) in [6.45, 7) is 5.62. The molecule has 1 heterocycles. The van der Waals surface area contributed by atoms with Gasteiger partial charge >= 0.3 is 0 Å². The molecule has 2 aromatic carbocycles. The van der Waals surface area contributed by atoms with E-state index in [0.29, 0.717) is 22.2 Å². The molecular weight excluding hydrogens is 423 g/mol. The second kappa shape index (κ2) is 10.8. The molecule has 0 radical (unpaired) electrons. The monoisotopic (exact) mass is 448 g/mol.